The second kappa shape index (κ2) is 12.0. The Balaban J connectivity index is 1.71. The van der Waals surface area contributed by atoms with Gasteiger partial charge in [0.15, 0.2) is 0 Å². The summed E-state index contributed by atoms with van der Waals surface area (Å²) in [5.74, 6) is -4.55. The Morgan fingerprint density at radius 2 is 1.06 bits per heavy atom. The van der Waals surface area contributed by atoms with E-state index in [9.17, 15) is 13.6 Å². The third-order valence-corrected chi connectivity index (χ3v) is 10.6. The second-order valence-electron chi connectivity index (χ2n) is 8.48. The van der Waals surface area contributed by atoms with Crippen molar-refractivity contribution in [1.82, 2.24) is 0 Å². The SMILES string of the molecule is O=C(O)CC(F)(F)CCCCCCC[P+](c1ccccc1)(c1ccccc1)c1ccccc1. The minimum atomic E-state index is -3.11. The minimum absolute atomic E-state index is 0.353. The molecule has 0 spiro atoms. The number of rotatable bonds is 13. The van der Waals surface area contributed by atoms with Gasteiger partial charge in [0.25, 0.3) is 5.92 Å². The number of carboxylic acids is 1. The number of carbonyl (C=O) groups is 1. The van der Waals surface area contributed by atoms with E-state index < -0.39 is 25.6 Å². The molecule has 0 unspecified atom stereocenters. The molecule has 3 aromatic carbocycles. The quantitative estimate of drug-likeness (QED) is 0.231. The van der Waals surface area contributed by atoms with Crippen molar-refractivity contribution < 1.29 is 18.7 Å². The van der Waals surface area contributed by atoms with Crippen molar-refractivity contribution in [2.24, 2.45) is 0 Å². The lowest BCUT2D eigenvalue weighted by atomic mass is 10.1. The van der Waals surface area contributed by atoms with Crippen LogP contribution in [-0.2, 0) is 4.79 Å². The molecule has 0 bridgehead atoms. The first-order valence-electron chi connectivity index (χ1n) is 11.6. The fourth-order valence-electron chi connectivity index (χ4n) is 4.45. The zero-order chi connectivity index (χ0) is 23.6. The number of benzene rings is 3. The summed E-state index contributed by atoms with van der Waals surface area (Å²) < 4.78 is 27.2. The van der Waals surface area contributed by atoms with E-state index in [2.05, 4.69) is 72.8 Å². The molecule has 5 heteroatoms. The molecule has 0 radical (unpaired) electrons. The van der Waals surface area contributed by atoms with Crippen molar-refractivity contribution in [2.75, 3.05) is 6.16 Å². The maximum absolute atomic E-state index is 13.6. The van der Waals surface area contributed by atoms with Crippen molar-refractivity contribution in [3.8, 4) is 0 Å². The van der Waals surface area contributed by atoms with Crippen LogP contribution < -0.4 is 15.9 Å². The van der Waals surface area contributed by atoms with Crippen LogP contribution in [0.3, 0.4) is 0 Å². The van der Waals surface area contributed by atoms with Crippen LogP contribution in [0.1, 0.15) is 44.9 Å². The van der Waals surface area contributed by atoms with Crippen LogP contribution in [0.25, 0.3) is 0 Å². The topological polar surface area (TPSA) is 37.3 Å². The summed E-state index contributed by atoms with van der Waals surface area (Å²) in [5, 5.41) is 12.7. The number of hydrogen-bond donors (Lipinski definition) is 1. The lowest BCUT2D eigenvalue weighted by Crippen LogP contribution is -2.33. The smallest absolute Gasteiger partial charge is 0.309 e. The molecule has 174 valence electrons. The number of unbranched alkanes of at least 4 members (excludes halogenated alkanes) is 4. The molecule has 2 nitrogen and oxygen atoms in total. The zero-order valence-electron chi connectivity index (χ0n) is 18.9. The lowest BCUT2D eigenvalue weighted by Gasteiger charge is -2.27. The fourth-order valence-corrected chi connectivity index (χ4v) is 8.86. The van der Waals surface area contributed by atoms with Gasteiger partial charge in [-0.25, -0.2) is 8.78 Å². The maximum atomic E-state index is 13.6. The third kappa shape index (κ3) is 6.95. The highest BCUT2D eigenvalue weighted by Gasteiger charge is 2.44. The highest BCUT2D eigenvalue weighted by atomic mass is 31.2. The van der Waals surface area contributed by atoms with Gasteiger partial charge in [-0.2, -0.15) is 0 Å². The van der Waals surface area contributed by atoms with Crippen LogP contribution in [0.2, 0.25) is 0 Å². The Bertz CT molecular complexity index is 882. The van der Waals surface area contributed by atoms with E-state index in [1.54, 1.807) is 0 Å². The second-order valence-corrected chi connectivity index (χ2v) is 12.1. The number of alkyl halides is 2. The summed E-state index contributed by atoms with van der Waals surface area (Å²) in [7, 11) is -1.84. The van der Waals surface area contributed by atoms with E-state index in [0.29, 0.717) is 12.8 Å². The standard InChI is InChI=1S/C28H31F2O2P/c29-28(30,23-27(31)32)21-13-2-1-3-14-22-33(24-15-7-4-8-16-24,25-17-9-5-10-18-25)26-19-11-6-12-20-26/h4-12,15-20H,1-3,13-14,21-23H2/p+1. The van der Waals surface area contributed by atoms with Gasteiger partial charge in [0.2, 0.25) is 0 Å². The molecule has 0 atom stereocenters. The first-order chi connectivity index (χ1) is 15.9. The van der Waals surface area contributed by atoms with Gasteiger partial charge >= 0.3 is 5.97 Å². The van der Waals surface area contributed by atoms with E-state index in [1.165, 1.54) is 15.9 Å². The van der Waals surface area contributed by atoms with Gasteiger partial charge in [-0.3, -0.25) is 4.79 Å². The first kappa shape index (κ1) is 25.1. The van der Waals surface area contributed by atoms with Gasteiger partial charge < -0.3 is 5.11 Å². The Hall–Kier alpha value is -2.58. The fraction of sp³-hybridized carbons (Fsp3) is 0.321. The van der Waals surface area contributed by atoms with Crippen LogP contribution in [0, 0.1) is 0 Å². The Labute approximate surface area is 196 Å². The zero-order valence-corrected chi connectivity index (χ0v) is 19.8. The monoisotopic (exact) mass is 469 g/mol. The van der Waals surface area contributed by atoms with Crippen LogP contribution >= 0.6 is 7.26 Å². The highest BCUT2D eigenvalue weighted by molar-refractivity contribution is 7.95. The number of carboxylic acid groups (broad SMARTS) is 1. The summed E-state index contributed by atoms with van der Waals surface area (Å²) in [6.07, 6.45) is 3.51. The van der Waals surface area contributed by atoms with E-state index in [-0.39, 0.29) is 6.42 Å². The van der Waals surface area contributed by atoms with Crippen molar-refractivity contribution >= 4 is 29.1 Å². The molecule has 0 fully saturated rings. The normalized spacial score (nSPS) is 11.9. The molecule has 3 aromatic rings. The minimum Gasteiger partial charge on any atom is -0.481 e. The lowest BCUT2D eigenvalue weighted by molar-refractivity contribution is -0.145. The summed E-state index contributed by atoms with van der Waals surface area (Å²) in [4.78, 5) is 10.6. The van der Waals surface area contributed by atoms with Crippen molar-refractivity contribution in [2.45, 2.75) is 50.9 Å². The van der Waals surface area contributed by atoms with E-state index in [1.807, 2.05) is 18.2 Å². The summed E-state index contributed by atoms with van der Waals surface area (Å²) in [6, 6.07) is 32.2. The van der Waals surface area contributed by atoms with Crippen LogP contribution in [-0.4, -0.2) is 23.2 Å². The van der Waals surface area contributed by atoms with Crippen LogP contribution in [0.15, 0.2) is 91.0 Å². The summed E-state index contributed by atoms with van der Waals surface area (Å²) in [5.41, 5.74) is 0. The van der Waals surface area contributed by atoms with Crippen LogP contribution in [0.4, 0.5) is 8.78 Å². The van der Waals surface area contributed by atoms with E-state index >= 15 is 0 Å². The molecule has 0 aromatic heterocycles. The van der Waals surface area contributed by atoms with Crippen molar-refractivity contribution in [3.63, 3.8) is 0 Å². The number of halogens is 2. The molecule has 0 aliphatic heterocycles. The summed E-state index contributed by atoms with van der Waals surface area (Å²) in [6.45, 7) is 0. The first-order valence-corrected chi connectivity index (χ1v) is 13.6. The highest BCUT2D eigenvalue weighted by Crippen LogP contribution is 2.56. The molecule has 0 saturated carbocycles. The molecule has 33 heavy (non-hydrogen) atoms. The Kier molecular flexibility index (Phi) is 9.14. The molecular formula is C28H32F2O2P+. The van der Waals surface area contributed by atoms with E-state index in [0.717, 1.165) is 25.4 Å². The van der Waals surface area contributed by atoms with Gasteiger partial charge in [0, 0.05) is 6.42 Å². The van der Waals surface area contributed by atoms with Gasteiger partial charge in [0.1, 0.15) is 29.6 Å². The average Bonchev–Trinajstić information content (AvgIpc) is 2.82. The molecule has 0 aliphatic rings. The van der Waals surface area contributed by atoms with Gasteiger partial charge in [-0.15, -0.1) is 0 Å². The predicted molar refractivity (Wildman–Crippen MR) is 135 cm³/mol. The van der Waals surface area contributed by atoms with Crippen LogP contribution in [0.5, 0.6) is 0 Å². The molecule has 0 amide bonds. The van der Waals surface area contributed by atoms with Gasteiger partial charge in [-0.05, 0) is 55.7 Å². The molecular weight excluding hydrogens is 437 g/mol. The van der Waals surface area contributed by atoms with Gasteiger partial charge in [0.05, 0.1) is 6.16 Å². The molecule has 3 rings (SSSR count). The van der Waals surface area contributed by atoms with E-state index in [4.69, 9.17) is 5.11 Å². The van der Waals surface area contributed by atoms with Gasteiger partial charge in [-0.1, -0.05) is 67.4 Å². The maximum Gasteiger partial charge on any atom is 0.309 e. The third-order valence-electron chi connectivity index (χ3n) is 6.04. The number of aliphatic carboxylic acids is 1. The van der Waals surface area contributed by atoms with Crippen molar-refractivity contribution in [3.05, 3.63) is 91.0 Å². The average molecular weight is 470 g/mol. The molecule has 0 heterocycles. The Morgan fingerprint density at radius 3 is 1.48 bits per heavy atom. The number of hydrogen-bond acceptors (Lipinski definition) is 1. The largest absolute Gasteiger partial charge is 0.481 e. The molecule has 0 saturated heterocycles. The molecule has 0 aliphatic carbocycles. The van der Waals surface area contributed by atoms with Crippen molar-refractivity contribution in [1.29, 1.82) is 0 Å². The predicted octanol–water partition coefficient (Wildman–Crippen LogP) is 6.43. The summed E-state index contributed by atoms with van der Waals surface area (Å²) >= 11 is 0. The molecule has 1 N–H and O–H groups in total. The Morgan fingerprint density at radius 1 is 0.667 bits per heavy atom.